The molecule has 0 aliphatic carbocycles. The molecule has 0 aliphatic rings. The molecule has 0 aromatic rings. The Balaban J connectivity index is 4.00. The van der Waals surface area contributed by atoms with Crippen LogP contribution < -0.4 is 0 Å². The molecule has 0 rings (SSSR count). The number of rotatable bonds is 25. The molecule has 0 unspecified atom stereocenters. The van der Waals surface area contributed by atoms with Crippen LogP contribution in [0.15, 0.2) is 24.3 Å². The zero-order valence-electron chi connectivity index (χ0n) is 21.5. The standard InChI is InChI=1S/C28H51BrO4/c1-3-5-7-9-14-18-24-32-28(33-25-19-15-10-8-6-4-2)22-20-26-31-27(30)21-16-12-11-13-17-23-29/h5-8,28H,3-4,9-26H2,1-2H3/b7-5-,8-6-. The molecular weight excluding hydrogens is 480 g/mol. The molecule has 0 aromatic carbocycles. The normalized spacial score (nSPS) is 11.9. The van der Waals surface area contributed by atoms with Gasteiger partial charge in [-0.25, -0.2) is 0 Å². The van der Waals surface area contributed by atoms with Crippen molar-refractivity contribution in [2.24, 2.45) is 0 Å². The van der Waals surface area contributed by atoms with Gasteiger partial charge < -0.3 is 14.2 Å². The van der Waals surface area contributed by atoms with Crippen LogP contribution in [-0.2, 0) is 19.0 Å². The maximum absolute atomic E-state index is 11.9. The Morgan fingerprint density at radius 3 is 1.85 bits per heavy atom. The maximum Gasteiger partial charge on any atom is 0.305 e. The lowest BCUT2D eigenvalue weighted by Gasteiger charge is -2.19. The van der Waals surface area contributed by atoms with E-state index in [1.807, 2.05) is 0 Å². The van der Waals surface area contributed by atoms with E-state index in [1.165, 1.54) is 19.3 Å². The van der Waals surface area contributed by atoms with E-state index >= 15 is 0 Å². The van der Waals surface area contributed by atoms with Crippen molar-refractivity contribution in [2.45, 2.75) is 123 Å². The molecule has 0 amide bonds. The van der Waals surface area contributed by atoms with Gasteiger partial charge in [0.15, 0.2) is 6.29 Å². The van der Waals surface area contributed by atoms with Crippen molar-refractivity contribution in [1.82, 2.24) is 0 Å². The molecule has 0 atom stereocenters. The van der Waals surface area contributed by atoms with Gasteiger partial charge in [-0.15, -0.1) is 0 Å². The Hall–Kier alpha value is -0.650. The lowest BCUT2D eigenvalue weighted by atomic mass is 10.1. The summed E-state index contributed by atoms with van der Waals surface area (Å²) in [5.41, 5.74) is 0. The number of unbranched alkanes of at least 4 members (excludes halogenated alkanes) is 8. The Bertz CT molecular complexity index is 441. The topological polar surface area (TPSA) is 44.8 Å². The first-order chi connectivity index (χ1) is 16.2. The second-order valence-electron chi connectivity index (χ2n) is 8.49. The zero-order chi connectivity index (χ0) is 24.2. The Kier molecular flexibility index (Phi) is 27.0. The number of carbonyl (C=O) groups excluding carboxylic acids is 1. The SMILES string of the molecule is CC/C=C\CCCCOC(CCCOC(=O)CCCCCCCBr)OCCCC/C=C\CC. The van der Waals surface area contributed by atoms with Crippen molar-refractivity contribution < 1.29 is 19.0 Å². The fraction of sp³-hybridized carbons (Fsp3) is 0.821. The third kappa shape index (κ3) is 25.8. The van der Waals surface area contributed by atoms with Crippen LogP contribution in [0, 0.1) is 0 Å². The second-order valence-corrected chi connectivity index (χ2v) is 9.28. The Morgan fingerprint density at radius 2 is 1.27 bits per heavy atom. The van der Waals surface area contributed by atoms with Crippen molar-refractivity contribution in [3.63, 3.8) is 0 Å². The quantitative estimate of drug-likeness (QED) is 0.0389. The fourth-order valence-corrected chi connectivity index (χ4v) is 3.74. The minimum absolute atomic E-state index is 0.0749. The summed E-state index contributed by atoms with van der Waals surface area (Å²) < 4.78 is 17.4. The molecule has 0 heterocycles. The van der Waals surface area contributed by atoms with Crippen LogP contribution in [0.4, 0.5) is 0 Å². The van der Waals surface area contributed by atoms with Gasteiger partial charge in [0.2, 0.25) is 0 Å². The van der Waals surface area contributed by atoms with Crippen LogP contribution >= 0.6 is 15.9 Å². The van der Waals surface area contributed by atoms with Gasteiger partial charge >= 0.3 is 5.97 Å². The predicted octanol–water partition coefficient (Wildman–Crippen LogP) is 8.68. The third-order valence-corrected chi connectivity index (χ3v) is 5.86. The zero-order valence-corrected chi connectivity index (χ0v) is 23.1. The highest BCUT2D eigenvalue weighted by Crippen LogP contribution is 2.11. The van der Waals surface area contributed by atoms with E-state index in [9.17, 15) is 4.79 Å². The number of allylic oxidation sites excluding steroid dienone is 4. The molecule has 0 spiro atoms. The van der Waals surface area contributed by atoms with E-state index in [4.69, 9.17) is 14.2 Å². The van der Waals surface area contributed by atoms with Crippen LogP contribution in [0.2, 0.25) is 0 Å². The first kappa shape index (κ1) is 32.4. The number of halogens is 1. The van der Waals surface area contributed by atoms with E-state index < -0.39 is 0 Å². The summed E-state index contributed by atoms with van der Waals surface area (Å²) in [5, 5.41) is 1.07. The average Bonchev–Trinajstić information content (AvgIpc) is 2.82. The molecule has 5 heteroatoms. The molecule has 194 valence electrons. The van der Waals surface area contributed by atoms with Gasteiger partial charge in [-0.3, -0.25) is 4.79 Å². The lowest BCUT2D eigenvalue weighted by molar-refractivity contribution is -0.153. The summed E-state index contributed by atoms with van der Waals surface area (Å²) >= 11 is 3.45. The van der Waals surface area contributed by atoms with Crippen LogP contribution in [-0.4, -0.2) is 37.4 Å². The Morgan fingerprint density at radius 1 is 0.697 bits per heavy atom. The van der Waals surface area contributed by atoms with Crippen molar-refractivity contribution in [3.05, 3.63) is 24.3 Å². The van der Waals surface area contributed by atoms with E-state index in [0.29, 0.717) is 13.0 Å². The van der Waals surface area contributed by atoms with Crippen LogP contribution in [0.3, 0.4) is 0 Å². The van der Waals surface area contributed by atoms with Crippen molar-refractivity contribution in [2.75, 3.05) is 25.2 Å². The van der Waals surface area contributed by atoms with E-state index in [2.05, 4.69) is 54.1 Å². The van der Waals surface area contributed by atoms with Gasteiger partial charge in [0, 0.05) is 31.4 Å². The number of ether oxygens (including phenoxy) is 3. The molecule has 0 fully saturated rings. The van der Waals surface area contributed by atoms with Gasteiger partial charge in [0.25, 0.3) is 0 Å². The molecule has 0 saturated heterocycles. The number of carbonyl (C=O) groups is 1. The van der Waals surface area contributed by atoms with Crippen molar-refractivity contribution >= 4 is 21.9 Å². The van der Waals surface area contributed by atoms with Gasteiger partial charge in [-0.1, -0.05) is 73.3 Å². The van der Waals surface area contributed by atoms with Crippen molar-refractivity contribution in [3.8, 4) is 0 Å². The van der Waals surface area contributed by atoms with Crippen LogP contribution in [0.25, 0.3) is 0 Å². The minimum atomic E-state index is -0.199. The summed E-state index contributed by atoms with van der Waals surface area (Å²) in [6.07, 6.45) is 25.3. The monoisotopic (exact) mass is 530 g/mol. The van der Waals surface area contributed by atoms with E-state index in [0.717, 1.165) is 95.6 Å². The molecule has 0 aliphatic heterocycles. The predicted molar refractivity (Wildman–Crippen MR) is 144 cm³/mol. The molecule has 0 aromatic heterocycles. The highest BCUT2D eigenvalue weighted by Gasteiger charge is 2.10. The molecule has 0 N–H and O–H groups in total. The first-order valence-electron chi connectivity index (χ1n) is 13.5. The van der Waals surface area contributed by atoms with Crippen molar-refractivity contribution in [1.29, 1.82) is 0 Å². The number of hydrogen-bond donors (Lipinski definition) is 0. The second kappa shape index (κ2) is 27.6. The summed E-state index contributed by atoms with van der Waals surface area (Å²) in [6, 6.07) is 0. The van der Waals surface area contributed by atoms with Gasteiger partial charge in [-0.05, 0) is 70.6 Å². The van der Waals surface area contributed by atoms with Crippen LogP contribution in [0.1, 0.15) is 117 Å². The summed E-state index contributed by atoms with van der Waals surface area (Å²) in [5.74, 6) is -0.0749. The average molecular weight is 532 g/mol. The molecule has 4 nitrogen and oxygen atoms in total. The first-order valence-corrected chi connectivity index (χ1v) is 14.6. The molecule has 0 bridgehead atoms. The highest BCUT2D eigenvalue weighted by molar-refractivity contribution is 9.09. The van der Waals surface area contributed by atoms with Crippen LogP contribution in [0.5, 0.6) is 0 Å². The summed E-state index contributed by atoms with van der Waals surface area (Å²) in [6.45, 7) is 6.21. The molecule has 0 saturated carbocycles. The van der Waals surface area contributed by atoms with E-state index in [-0.39, 0.29) is 12.3 Å². The van der Waals surface area contributed by atoms with E-state index in [1.54, 1.807) is 0 Å². The minimum Gasteiger partial charge on any atom is -0.466 e. The molecular formula is C28H51BrO4. The highest BCUT2D eigenvalue weighted by atomic mass is 79.9. The number of esters is 1. The summed E-state index contributed by atoms with van der Waals surface area (Å²) in [4.78, 5) is 11.9. The van der Waals surface area contributed by atoms with Gasteiger partial charge in [0.05, 0.1) is 6.61 Å². The fourth-order valence-electron chi connectivity index (χ4n) is 3.34. The molecule has 33 heavy (non-hydrogen) atoms. The number of hydrogen-bond acceptors (Lipinski definition) is 4. The summed E-state index contributed by atoms with van der Waals surface area (Å²) in [7, 11) is 0. The van der Waals surface area contributed by atoms with Gasteiger partial charge in [0.1, 0.15) is 0 Å². The number of alkyl halides is 1. The molecule has 0 radical (unpaired) electrons. The lowest BCUT2D eigenvalue weighted by Crippen LogP contribution is -2.20. The third-order valence-electron chi connectivity index (χ3n) is 5.30. The smallest absolute Gasteiger partial charge is 0.305 e. The van der Waals surface area contributed by atoms with Gasteiger partial charge in [-0.2, -0.15) is 0 Å². The Labute approximate surface area is 213 Å². The maximum atomic E-state index is 11.9. The largest absolute Gasteiger partial charge is 0.466 e.